The van der Waals surface area contributed by atoms with E-state index in [4.69, 9.17) is 5.26 Å². The molecule has 1 aliphatic rings. The molecule has 60 valence electrons. The van der Waals surface area contributed by atoms with Gasteiger partial charge in [0.15, 0.2) is 0 Å². The van der Waals surface area contributed by atoms with Crippen molar-refractivity contribution in [3.05, 3.63) is 11.6 Å². The molecule has 0 amide bonds. The Kier molecular flexibility index (Phi) is 1.57. The molecule has 0 saturated carbocycles. The van der Waals surface area contributed by atoms with E-state index in [1.54, 1.807) is 0 Å². The SMILES string of the molecule is CC1(C)C=C(C#N)C(C)(C)N1. The Labute approximate surface area is 67.9 Å². The summed E-state index contributed by atoms with van der Waals surface area (Å²) < 4.78 is 0. The standard InChI is InChI=1S/C9H14N2/c1-8(2)5-7(6-10)9(3,4)11-8/h5,11H,1-4H3. The van der Waals surface area contributed by atoms with Crippen LogP contribution >= 0.6 is 0 Å². The molecule has 0 radical (unpaired) electrons. The molecule has 1 heterocycles. The van der Waals surface area contributed by atoms with Crippen molar-refractivity contribution in [1.82, 2.24) is 5.32 Å². The van der Waals surface area contributed by atoms with Crippen LogP contribution in [0.25, 0.3) is 0 Å². The van der Waals surface area contributed by atoms with E-state index < -0.39 is 0 Å². The summed E-state index contributed by atoms with van der Waals surface area (Å²) in [4.78, 5) is 0. The zero-order valence-electron chi connectivity index (χ0n) is 7.52. The van der Waals surface area contributed by atoms with Crippen LogP contribution in [0.5, 0.6) is 0 Å². The lowest BCUT2D eigenvalue weighted by molar-refractivity contribution is 0.391. The molecule has 0 aliphatic carbocycles. The molecular weight excluding hydrogens is 136 g/mol. The lowest BCUT2D eigenvalue weighted by Gasteiger charge is -2.25. The molecule has 0 aromatic carbocycles. The van der Waals surface area contributed by atoms with Crippen LogP contribution in [0.3, 0.4) is 0 Å². The summed E-state index contributed by atoms with van der Waals surface area (Å²) in [5, 5.41) is 12.1. The minimum Gasteiger partial charge on any atom is -0.299 e. The van der Waals surface area contributed by atoms with E-state index in [1.165, 1.54) is 0 Å². The third kappa shape index (κ3) is 1.44. The van der Waals surface area contributed by atoms with Crippen LogP contribution in [-0.2, 0) is 0 Å². The number of nitriles is 1. The predicted octanol–water partition coefficient (Wildman–Crippen LogP) is 1.60. The van der Waals surface area contributed by atoms with Gasteiger partial charge in [0.25, 0.3) is 0 Å². The molecule has 0 unspecified atom stereocenters. The normalized spacial score (nSPS) is 25.9. The highest BCUT2D eigenvalue weighted by molar-refractivity contribution is 5.40. The Morgan fingerprint density at radius 3 is 2.09 bits per heavy atom. The zero-order chi connectivity index (χ0) is 8.70. The molecule has 1 N–H and O–H groups in total. The third-order valence-electron chi connectivity index (χ3n) is 1.93. The van der Waals surface area contributed by atoms with Crippen molar-refractivity contribution >= 4 is 0 Å². The second-order valence-electron chi connectivity index (χ2n) is 4.14. The van der Waals surface area contributed by atoms with Crippen molar-refractivity contribution < 1.29 is 0 Å². The van der Waals surface area contributed by atoms with E-state index >= 15 is 0 Å². The van der Waals surface area contributed by atoms with Gasteiger partial charge in [-0.1, -0.05) is 0 Å². The van der Waals surface area contributed by atoms with Gasteiger partial charge in [0.05, 0.1) is 6.07 Å². The van der Waals surface area contributed by atoms with E-state index in [0.717, 1.165) is 5.57 Å². The van der Waals surface area contributed by atoms with Gasteiger partial charge in [-0.25, -0.2) is 0 Å². The second kappa shape index (κ2) is 2.09. The van der Waals surface area contributed by atoms with Gasteiger partial charge in [0.1, 0.15) is 0 Å². The Morgan fingerprint density at radius 1 is 1.36 bits per heavy atom. The quantitative estimate of drug-likeness (QED) is 0.569. The van der Waals surface area contributed by atoms with Gasteiger partial charge >= 0.3 is 0 Å². The molecule has 1 aliphatic heterocycles. The van der Waals surface area contributed by atoms with Gasteiger partial charge in [-0.2, -0.15) is 5.26 Å². The van der Waals surface area contributed by atoms with Crippen LogP contribution in [0.15, 0.2) is 11.6 Å². The third-order valence-corrected chi connectivity index (χ3v) is 1.93. The fourth-order valence-electron chi connectivity index (χ4n) is 1.62. The van der Waals surface area contributed by atoms with Crippen LogP contribution in [0.4, 0.5) is 0 Å². The minimum atomic E-state index is -0.155. The average Bonchev–Trinajstić information content (AvgIpc) is 1.99. The molecule has 0 fully saturated rings. The van der Waals surface area contributed by atoms with E-state index in [0.29, 0.717) is 0 Å². The molecule has 11 heavy (non-hydrogen) atoms. The maximum absolute atomic E-state index is 8.78. The molecule has 0 aromatic heterocycles. The monoisotopic (exact) mass is 150 g/mol. The topological polar surface area (TPSA) is 35.8 Å². The molecule has 0 atom stereocenters. The van der Waals surface area contributed by atoms with Gasteiger partial charge in [0, 0.05) is 16.7 Å². The van der Waals surface area contributed by atoms with E-state index in [1.807, 2.05) is 19.9 Å². The summed E-state index contributed by atoms with van der Waals surface area (Å²) in [6.45, 7) is 8.19. The fourth-order valence-corrected chi connectivity index (χ4v) is 1.62. The van der Waals surface area contributed by atoms with Crippen molar-refractivity contribution in [2.45, 2.75) is 38.8 Å². The van der Waals surface area contributed by atoms with Gasteiger partial charge in [-0.15, -0.1) is 0 Å². The second-order valence-corrected chi connectivity index (χ2v) is 4.14. The Hall–Kier alpha value is -0.810. The predicted molar refractivity (Wildman–Crippen MR) is 45.0 cm³/mol. The molecule has 0 spiro atoms. The number of hydrogen-bond acceptors (Lipinski definition) is 2. The molecule has 0 bridgehead atoms. The molecular formula is C9H14N2. The van der Waals surface area contributed by atoms with Gasteiger partial charge in [-0.3, -0.25) is 5.32 Å². The first-order chi connectivity index (χ1) is 4.87. The maximum atomic E-state index is 8.78. The molecule has 2 heteroatoms. The highest BCUT2D eigenvalue weighted by Gasteiger charge is 2.36. The summed E-state index contributed by atoms with van der Waals surface area (Å²) in [6.07, 6.45) is 1.99. The van der Waals surface area contributed by atoms with Crippen LogP contribution in [0, 0.1) is 11.3 Å². The number of rotatable bonds is 0. The number of nitrogens with one attached hydrogen (secondary N) is 1. The van der Waals surface area contributed by atoms with Crippen molar-refractivity contribution in [1.29, 1.82) is 5.26 Å². The summed E-state index contributed by atoms with van der Waals surface area (Å²) >= 11 is 0. The average molecular weight is 150 g/mol. The van der Waals surface area contributed by atoms with Gasteiger partial charge in [-0.05, 0) is 33.8 Å². The minimum absolute atomic E-state index is 0.0332. The van der Waals surface area contributed by atoms with E-state index in [2.05, 4.69) is 25.2 Å². The first-order valence-electron chi connectivity index (χ1n) is 3.80. The molecule has 0 saturated heterocycles. The number of nitrogens with zero attached hydrogens (tertiary/aromatic N) is 1. The highest BCUT2D eigenvalue weighted by atomic mass is 15.1. The summed E-state index contributed by atoms with van der Waals surface area (Å²) in [5.74, 6) is 0. The van der Waals surface area contributed by atoms with Crippen molar-refractivity contribution in [3.8, 4) is 6.07 Å². The van der Waals surface area contributed by atoms with Crippen LogP contribution in [0.1, 0.15) is 27.7 Å². The summed E-state index contributed by atoms with van der Waals surface area (Å²) in [6, 6.07) is 2.21. The van der Waals surface area contributed by atoms with Crippen molar-refractivity contribution in [3.63, 3.8) is 0 Å². The highest BCUT2D eigenvalue weighted by Crippen LogP contribution is 2.28. The lowest BCUT2D eigenvalue weighted by Crippen LogP contribution is -2.45. The Morgan fingerprint density at radius 2 is 1.91 bits per heavy atom. The lowest BCUT2D eigenvalue weighted by atomic mass is 9.98. The fraction of sp³-hybridized carbons (Fsp3) is 0.667. The van der Waals surface area contributed by atoms with Crippen molar-refractivity contribution in [2.24, 2.45) is 0 Å². The van der Waals surface area contributed by atoms with Gasteiger partial charge < -0.3 is 0 Å². The summed E-state index contributed by atoms with van der Waals surface area (Å²) in [7, 11) is 0. The number of hydrogen-bond donors (Lipinski definition) is 1. The van der Waals surface area contributed by atoms with Gasteiger partial charge in [0.2, 0.25) is 0 Å². The largest absolute Gasteiger partial charge is 0.299 e. The first kappa shape index (κ1) is 8.29. The van der Waals surface area contributed by atoms with E-state index in [-0.39, 0.29) is 11.1 Å². The maximum Gasteiger partial charge on any atom is 0.0964 e. The van der Waals surface area contributed by atoms with E-state index in [9.17, 15) is 0 Å². The first-order valence-corrected chi connectivity index (χ1v) is 3.80. The molecule has 1 rings (SSSR count). The smallest absolute Gasteiger partial charge is 0.0964 e. The van der Waals surface area contributed by atoms with Crippen LogP contribution in [0.2, 0.25) is 0 Å². The van der Waals surface area contributed by atoms with Crippen LogP contribution in [-0.4, -0.2) is 11.1 Å². The Bertz CT molecular complexity index is 241. The summed E-state index contributed by atoms with van der Waals surface area (Å²) in [5.41, 5.74) is 0.648. The molecule has 2 nitrogen and oxygen atoms in total. The van der Waals surface area contributed by atoms with Crippen molar-refractivity contribution in [2.75, 3.05) is 0 Å². The zero-order valence-corrected chi connectivity index (χ0v) is 7.52. The Balaban J connectivity index is 3.01. The van der Waals surface area contributed by atoms with Crippen LogP contribution < -0.4 is 5.32 Å². The molecule has 0 aromatic rings.